The van der Waals surface area contributed by atoms with Gasteiger partial charge in [-0.1, -0.05) is 6.92 Å². The van der Waals surface area contributed by atoms with Gasteiger partial charge in [-0.3, -0.25) is 14.5 Å². The summed E-state index contributed by atoms with van der Waals surface area (Å²) in [6, 6.07) is -0.0879. The molecule has 5 heteroatoms. The Bertz CT molecular complexity index is 355. The van der Waals surface area contributed by atoms with Crippen molar-refractivity contribution in [3.63, 3.8) is 0 Å². The highest BCUT2D eigenvalue weighted by molar-refractivity contribution is 5.80. The van der Waals surface area contributed by atoms with Crippen LogP contribution in [0.2, 0.25) is 0 Å². The van der Waals surface area contributed by atoms with Crippen molar-refractivity contribution in [2.24, 2.45) is 5.92 Å². The Labute approximate surface area is 114 Å². The zero-order chi connectivity index (χ0) is 14.0. The molecule has 2 atom stereocenters. The lowest BCUT2D eigenvalue weighted by Gasteiger charge is -2.36. The number of carbonyl (C=O) groups is 2. The number of rotatable bonds is 5. The van der Waals surface area contributed by atoms with E-state index in [2.05, 4.69) is 6.92 Å². The van der Waals surface area contributed by atoms with E-state index in [4.69, 9.17) is 0 Å². The van der Waals surface area contributed by atoms with Gasteiger partial charge in [-0.05, 0) is 45.1 Å². The monoisotopic (exact) mass is 268 g/mol. The van der Waals surface area contributed by atoms with Crippen LogP contribution >= 0.6 is 0 Å². The first-order chi connectivity index (χ1) is 9.02. The molecule has 1 saturated carbocycles. The van der Waals surface area contributed by atoms with Crippen molar-refractivity contribution in [1.82, 2.24) is 9.80 Å². The fourth-order valence-electron chi connectivity index (χ4n) is 2.93. The molecule has 5 nitrogen and oxygen atoms in total. The van der Waals surface area contributed by atoms with Gasteiger partial charge in [0.1, 0.15) is 6.04 Å². The summed E-state index contributed by atoms with van der Waals surface area (Å²) in [5.41, 5.74) is 0. The van der Waals surface area contributed by atoms with Gasteiger partial charge >= 0.3 is 5.97 Å². The molecule has 2 fully saturated rings. The highest BCUT2D eigenvalue weighted by Crippen LogP contribution is 2.27. The summed E-state index contributed by atoms with van der Waals surface area (Å²) in [6.45, 7) is 5.77. The maximum atomic E-state index is 12.3. The Morgan fingerprint density at radius 1 is 1.32 bits per heavy atom. The van der Waals surface area contributed by atoms with Gasteiger partial charge in [-0.2, -0.15) is 0 Å². The molecule has 1 heterocycles. The first-order valence-electron chi connectivity index (χ1n) is 7.29. The van der Waals surface area contributed by atoms with Crippen molar-refractivity contribution in [3.8, 4) is 0 Å². The van der Waals surface area contributed by atoms with Crippen LogP contribution in [-0.4, -0.2) is 58.5 Å². The molecular formula is C14H24N2O3. The van der Waals surface area contributed by atoms with Crippen LogP contribution in [0.5, 0.6) is 0 Å². The molecule has 0 aromatic rings. The summed E-state index contributed by atoms with van der Waals surface area (Å²) in [5, 5.41) is 9.29. The standard InChI is InChI=1S/C14H24N2O3/c1-3-16(11-4-5-11)13(17)9-15-7-6-10(2)8-12(15)14(18)19/h10-12H,3-9H2,1-2H3,(H,18,19). The molecule has 1 saturated heterocycles. The van der Waals surface area contributed by atoms with Crippen molar-refractivity contribution >= 4 is 11.9 Å². The van der Waals surface area contributed by atoms with Gasteiger partial charge in [0, 0.05) is 12.6 Å². The Morgan fingerprint density at radius 3 is 2.53 bits per heavy atom. The van der Waals surface area contributed by atoms with Crippen LogP contribution in [0.3, 0.4) is 0 Å². The fraction of sp³-hybridized carbons (Fsp3) is 0.857. The Kier molecular flexibility index (Phi) is 4.45. The van der Waals surface area contributed by atoms with E-state index in [0.29, 0.717) is 24.9 Å². The molecule has 0 bridgehead atoms. The summed E-state index contributed by atoms with van der Waals surface area (Å²) < 4.78 is 0. The van der Waals surface area contributed by atoms with Crippen LogP contribution in [0, 0.1) is 5.92 Å². The number of hydrogen-bond donors (Lipinski definition) is 1. The average Bonchev–Trinajstić information content (AvgIpc) is 3.16. The topological polar surface area (TPSA) is 60.9 Å². The summed E-state index contributed by atoms with van der Waals surface area (Å²) in [7, 11) is 0. The SMILES string of the molecule is CCN(C(=O)CN1CCC(C)CC1C(=O)O)C1CC1. The van der Waals surface area contributed by atoms with Gasteiger partial charge in [0.15, 0.2) is 0 Å². The van der Waals surface area contributed by atoms with E-state index < -0.39 is 12.0 Å². The van der Waals surface area contributed by atoms with E-state index in [1.165, 1.54) is 0 Å². The lowest BCUT2D eigenvalue weighted by molar-refractivity contribution is -0.147. The van der Waals surface area contributed by atoms with Gasteiger partial charge < -0.3 is 10.0 Å². The Hall–Kier alpha value is -1.10. The van der Waals surface area contributed by atoms with Crippen molar-refractivity contribution < 1.29 is 14.7 Å². The zero-order valence-electron chi connectivity index (χ0n) is 11.8. The van der Waals surface area contributed by atoms with Crippen LogP contribution in [-0.2, 0) is 9.59 Å². The Morgan fingerprint density at radius 2 is 2.00 bits per heavy atom. The van der Waals surface area contributed by atoms with Gasteiger partial charge in [-0.25, -0.2) is 0 Å². The molecule has 1 amide bonds. The first-order valence-corrected chi connectivity index (χ1v) is 7.29. The molecule has 2 aliphatic rings. The summed E-state index contributed by atoms with van der Waals surface area (Å²) in [5.74, 6) is -0.280. The molecule has 2 unspecified atom stereocenters. The molecule has 1 aliphatic heterocycles. The minimum absolute atomic E-state index is 0.0887. The maximum absolute atomic E-state index is 12.3. The van der Waals surface area contributed by atoms with E-state index in [1.54, 1.807) is 0 Å². The molecule has 19 heavy (non-hydrogen) atoms. The fourth-order valence-corrected chi connectivity index (χ4v) is 2.93. The number of carboxylic acids is 1. The molecule has 108 valence electrons. The number of carbonyl (C=O) groups excluding carboxylic acids is 1. The van der Waals surface area contributed by atoms with E-state index in [9.17, 15) is 14.7 Å². The third-order valence-corrected chi connectivity index (χ3v) is 4.25. The highest BCUT2D eigenvalue weighted by atomic mass is 16.4. The number of likely N-dealkylation sites (N-methyl/N-ethyl adjacent to an activating group) is 1. The third kappa shape index (κ3) is 3.47. The van der Waals surface area contributed by atoms with Gasteiger partial charge in [0.05, 0.1) is 6.54 Å². The number of likely N-dealkylation sites (tertiary alicyclic amines) is 1. The van der Waals surface area contributed by atoms with Crippen molar-refractivity contribution in [2.75, 3.05) is 19.6 Å². The number of nitrogens with zero attached hydrogens (tertiary/aromatic N) is 2. The molecule has 1 aliphatic carbocycles. The third-order valence-electron chi connectivity index (χ3n) is 4.25. The largest absolute Gasteiger partial charge is 0.480 e. The average molecular weight is 268 g/mol. The van der Waals surface area contributed by atoms with Crippen molar-refractivity contribution in [2.45, 2.75) is 51.6 Å². The predicted molar refractivity (Wildman–Crippen MR) is 71.8 cm³/mol. The maximum Gasteiger partial charge on any atom is 0.320 e. The second kappa shape index (κ2) is 5.90. The van der Waals surface area contributed by atoms with Crippen molar-refractivity contribution in [3.05, 3.63) is 0 Å². The predicted octanol–water partition coefficient (Wildman–Crippen LogP) is 1.18. The van der Waals surface area contributed by atoms with Gasteiger partial charge in [0.25, 0.3) is 0 Å². The zero-order valence-corrected chi connectivity index (χ0v) is 11.8. The van der Waals surface area contributed by atoms with E-state index in [0.717, 1.165) is 25.8 Å². The number of hydrogen-bond acceptors (Lipinski definition) is 3. The van der Waals surface area contributed by atoms with Crippen LogP contribution in [0.1, 0.15) is 39.5 Å². The second-order valence-electron chi connectivity index (χ2n) is 5.86. The minimum Gasteiger partial charge on any atom is -0.480 e. The molecule has 0 aromatic heterocycles. The number of piperidine rings is 1. The van der Waals surface area contributed by atoms with E-state index in [1.807, 2.05) is 16.7 Å². The Balaban J connectivity index is 1.95. The number of carboxylic acid groups (broad SMARTS) is 1. The minimum atomic E-state index is -0.797. The molecule has 0 radical (unpaired) electrons. The van der Waals surface area contributed by atoms with Crippen LogP contribution < -0.4 is 0 Å². The van der Waals surface area contributed by atoms with Crippen molar-refractivity contribution in [1.29, 1.82) is 0 Å². The van der Waals surface area contributed by atoms with Crippen LogP contribution in [0.15, 0.2) is 0 Å². The molecular weight excluding hydrogens is 244 g/mol. The molecule has 1 N–H and O–H groups in total. The number of aliphatic carboxylic acids is 1. The molecule has 0 aromatic carbocycles. The summed E-state index contributed by atoms with van der Waals surface area (Å²) in [6.07, 6.45) is 3.82. The summed E-state index contributed by atoms with van der Waals surface area (Å²) >= 11 is 0. The quantitative estimate of drug-likeness (QED) is 0.813. The first kappa shape index (κ1) is 14.3. The lowest BCUT2D eigenvalue weighted by Crippen LogP contribution is -2.51. The van der Waals surface area contributed by atoms with E-state index in [-0.39, 0.29) is 12.5 Å². The molecule has 0 spiro atoms. The number of amides is 1. The van der Waals surface area contributed by atoms with E-state index >= 15 is 0 Å². The van der Waals surface area contributed by atoms with Gasteiger partial charge in [0.2, 0.25) is 5.91 Å². The second-order valence-corrected chi connectivity index (χ2v) is 5.86. The summed E-state index contributed by atoms with van der Waals surface area (Å²) in [4.78, 5) is 27.3. The van der Waals surface area contributed by atoms with Gasteiger partial charge in [-0.15, -0.1) is 0 Å². The van der Waals surface area contributed by atoms with Crippen LogP contribution in [0.25, 0.3) is 0 Å². The molecule has 2 rings (SSSR count). The smallest absolute Gasteiger partial charge is 0.320 e. The lowest BCUT2D eigenvalue weighted by atomic mass is 9.92. The highest BCUT2D eigenvalue weighted by Gasteiger charge is 2.36. The normalized spacial score (nSPS) is 28.1. The van der Waals surface area contributed by atoms with Crippen LogP contribution in [0.4, 0.5) is 0 Å².